The van der Waals surface area contributed by atoms with E-state index in [1.54, 1.807) is 0 Å². The monoisotopic (exact) mass is 330 g/mol. The molecule has 1 nitrogen and oxygen atoms in total. The first-order valence-corrected chi connectivity index (χ1v) is 8.02. The van der Waals surface area contributed by atoms with Gasteiger partial charge in [0.1, 0.15) is 0 Å². The Morgan fingerprint density at radius 3 is 2.30 bits per heavy atom. The van der Waals surface area contributed by atoms with Gasteiger partial charge in [-0.2, -0.15) is 0 Å². The zero-order valence-corrected chi connectivity index (χ0v) is 13.5. The zero-order chi connectivity index (χ0) is 14.5. The third kappa shape index (κ3) is 3.18. The number of carbonyl (C=O) groups excluding carboxylic acids is 1. The van der Waals surface area contributed by atoms with Gasteiger partial charge in [0.15, 0.2) is 5.78 Å². The van der Waals surface area contributed by atoms with E-state index in [-0.39, 0.29) is 5.78 Å². The molecule has 0 atom stereocenters. The molecule has 0 aromatic heterocycles. The van der Waals surface area contributed by atoms with Gasteiger partial charge in [0.2, 0.25) is 0 Å². The number of Topliss-reactive ketones (excluding diaryl/α,β-unsaturated/α-hetero) is 1. The van der Waals surface area contributed by atoms with Gasteiger partial charge >= 0.3 is 0 Å². The maximum Gasteiger partial charge on any atom is 0.163 e. The lowest BCUT2D eigenvalue weighted by atomic mass is 9.90. The van der Waals surface area contributed by atoms with Crippen LogP contribution in [0.1, 0.15) is 34.3 Å². The average molecular weight is 331 g/mol. The van der Waals surface area contributed by atoms with Gasteiger partial charge in [0.25, 0.3) is 0 Å². The van der Waals surface area contributed by atoms with Gasteiger partial charge in [-0.3, -0.25) is 4.79 Å². The lowest BCUT2D eigenvalue weighted by Gasteiger charge is -2.14. The van der Waals surface area contributed by atoms with Crippen LogP contribution in [0, 0.1) is 13.8 Å². The smallest absolute Gasteiger partial charge is 0.163 e. The third-order valence-corrected chi connectivity index (χ3v) is 4.08. The summed E-state index contributed by atoms with van der Waals surface area (Å²) in [5.41, 5.74) is 5.51. The first-order valence-electron chi connectivity index (χ1n) is 6.90. The van der Waals surface area contributed by atoms with E-state index in [0.29, 0.717) is 6.42 Å². The average Bonchev–Trinajstić information content (AvgIpc) is 2.45. The minimum atomic E-state index is 0.225. The molecule has 2 heteroatoms. The summed E-state index contributed by atoms with van der Waals surface area (Å²) >= 11 is 3.38. The van der Waals surface area contributed by atoms with Crippen molar-refractivity contribution in [2.24, 2.45) is 0 Å². The molecular weight excluding hydrogens is 312 g/mol. The number of halogens is 1. The van der Waals surface area contributed by atoms with Gasteiger partial charge in [-0.1, -0.05) is 58.4 Å². The number of benzene rings is 2. The summed E-state index contributed by atoms with van der Waals surface area (Å²) in [5.74, 6) is 0.225. The van der Waals surface area contributed by atoms with E-state index in [1.165, 1.54) is 16.7 Å². The molecular formula is C18H19BrO. The molecule has 0 saturated heterocycles. The summed E-state index contributed by atoms with van der Waals surface area (Å²) in [6.07, 6.45) is 1.47. The molecule has 0 heterocycles. The largest absolute Gasteiger partial charge is 0.294 e. The maximum atomic E-state index is 12.4. The quantitative estimate of drug-likeness (QED) is 0.535. The fourth-order valence-electron chi connectivity index (χ4n) is 2.55. The molecule has 0 aliphatic heterocycles. The number of alkyl halides is 1. The van der Waals surface area contributed by atoms with Crippen LogP contribution in [0.5, 0.6) is 0 Å². The van der Waals surface area contributed by atoms with Crippen molar-refractivity contribution in [2.75, 3.05) is 5.33 Å². The second-order valence-electron chi connectivity index (χ2n) is 5.03. The van der Waals surface area contributed by atoms with E-state index in [4.69, 9.17) is 0 Å². The van der Waals surface area contributed by atoms with E-state index in [0.717, 1.165) is 22.9 Å². The van der Waals surface area contributed by atoms with E-state index in [2.05, 4.69) is 54.0 Å². The predicted molar refractivity (Wildman–Crippen MR) is 88.7 cm³/mol. The van der Waals surface area contributed by atoms with Gasteiger partial charge < -0.3 is 0 Å². The molecule has 0 unspecified atom stereocenters. The molecule has 2 aromatic carbocycles. The van der Waals surface area contributed by atoms with Crippen molar-refractivity contribution >= 4 is 21.7 Å². The fourth-order valence-corrected chi connectivity index (χ4v) is 2.83. The molecule has 0 aliphatic carbocycles. The Bertz CT molecular complexity index is 596. The molecule has 2 rings (SSSR count). The first kappa shape index (κ1) is 15.0. The van der Waals surface area contributed by atoms with Crippen LogP contribution >= 0.6 is 15.9 Å². The summed E-state index contributed by atoms with van der Waals surface area (Å²) in [6.45, 7) is 4.20. The second kappa shape index (κ2) is 6.85. The normalized spacial score (nSPS) is 10.6. The van der Waals surface area contributed by atoms with Gasteiger partial charge in [-0.05, 0) is 42.5 Å². The summed E-state index contributed by atoms with van der Waals surface area (Å²) in [4.78, 5) is 12.4. The van der Waals surface area contributed by atoms with Gasteiger partial charge in [0, 0.05) is 17.3 Å². The maximum absolute atomic E-state index is 12.4. The lowest BCUT2D eigenvalue weighted by Crippen LogP contribution is -2.03. The van der Waals surface area contributed by atoms with Crippen molar-refractivity contribution in [3.8, 4) is 11.1 Å². The Balaban J connectivity index is 2.50. The molecule has 0 N–H and O–H groups in total. The summed E-state index contributed by atoms with van der Waals surface area (Å²) in [7, 11) is 0. The highest BCUT2D eigenvalue weighted by atomic mass is 79.9. The Hall–Kier alpha value is -1.41. The Kier molecular flexibility index (Phi) is 5.13. The van der Waals surface area contributed by atoms with Crippen LogP contribution in [-0.2, 0) is 0 Å². The molecule has 20 heavy (non-hydrogen) atoms. The van der Waals surface area contributed by atoms with Crippen molar-refractivity contribution in [3.05, 3.63) is 59.2 Å². The van der Waals surface area contributed by atoms with Gasteiger partial charge in [-0.25, -0.2) is 0 Å². The molecule has 0 radical (unpaired) electrons. The Labute approximate surface area is 129 Å². The number of rotatable bonds is 5. The van der Waals surface area contributed by atoms with E-state index >= 15 is 0 Å². The van der Waals surface area contributed by atoms with Crippen molar-refractivity contribution in [3.63, 3.8) is 0 Å². The van der Waals surface area contributed by atoms with Crippen molar-refractivity contribution in [1.82, 2.24) is 0 Å². The summed E-state index contributed by atoms with van der Waals surface area (Å²) in [6, 6.07) is 14.2. The second-order valence-corrected chi connectivity index (χ2v) is 5.82. The lowest BCUT2D eigenvalue weighted by molar-refractivity contribution is 0.0983. The van der Waals surface area contributed by atoms with Crippen molar-refractivity contribution < 1.29 is 4.79 Å². The zero-order valence-electron chi connectivity index (χ0n) is 11.9. The topological polar surface area (TPSA) is 17.1 Å². The SMILES string of the molecule is Cc1cccc(C)c1-c1ccccc1C(=O)CCCBr. The summed E-state index contributed by atoms with van der Waals surface area (Å²) in [5, 5.41) is 0.865. The Morgan fingerprint density at radius 1 is 1.00 bits per heavy atom. The van der Waals surface area contributed by atoms with Crippen LogP contribution in [0.25, 0.3) is 11.1 Å². The molecule has 0 saturated carbocycles. The highest BCUT2D eigenvalue weighted by Crippen LogP contribution is 2.30. The van der Waals surface area contributed by atoms with Crippen LogP contribution in [0.4, 0.5) is 0 Å². The van der Waals surface area contributed by atoms with E-state index in [1.807, 2.05) is 18.2 Å². The van der Waals surface area contributed by atoms with E-state index in [9.17, 15) is 4.79 Å². The fraction of sp³-hybridized carbons (Fsp3) is 0.278. The van der Waals surface area contributed by atoms with Gasteiger partial charge in [0.05, 0.1) is 0 Å². The van der Waals surface area contributed by atoms with Gasteiger partial charge in [-0.15, -0.1) is 0 Å². The van der Waals surface area contributed by atoms with Crippen LogP contribution in [-0.4, -0.2) is 11.1 Å². The molecule has 0 spiro atoms. The van der Waals surface area contributed by atoms with Crippen molar-refractivity contribution in [2.45, 2.75) is 26.7 Å². The third-order valence-electron chi connectivity index (χ3n) is 3.52. The number of hydrogen-bond acceptors (Lipinski definition) is 1. The minimum absolute atomic E-state index is 0.225. The highest BCUT2D eigenvalue weighted by Gasteiger charge is 2.14. The Morgan fingerprint density at radius 2 is 1.65 bits per heavy atom. The molecule has 0 amide bonds. The van der Waals surface area contributed by atoms with E-state index < -0.39 is 0 Å². The number of ketones is 1. The number of carbonyl (C=O) groups is 1. The molecule has 2 aromatic rings. The standard InChI is InChI=1S/C18H19BrO/c1-13-7-5-8-14(2)18(13)16-10-4-3-9-15(16)17(20)11-6-12-19/h3-5,7-10H,6,11-12H2,1-2H3. The molecule has 0 bridgehead atoms. The van der Waals surface area contributed by atoms with Crippen molar-refractivity contribution in [1.29, 1.82) is 0 Å². The minimum Gasteiger partial charge on any atom is -0.294 e. The number of aryl methyl sites for hydroxylation is 2. The molecule has 0 aliphatic rings. The predicted octanol–water partition coefficient (Wildman–Crippen LogP) is 5.33. The molecule has 0 fully saturated rings. The number of hydrogen-bond donors (Lipinski definition) is 0. The molecule has 104 valence electrons. The first-order chi connectivity index (χ1) is 9.65. The summed E-state index contributed by atoms with van der Waals surface area (Å²) < 4.78 is 0. The van der Waals surface area contributed by atoms with Crippen LogP contribution in [0.2, 0.25) is 0 Å². The van der Waals surface area contributed by atoms with Crippen LogP contribution in [0.15, 0.2) is 42.5 Å². The highest BCUT2D eigenvalue weighted by molar-refractivity contribution is 9.09. The van der Waals surface area contributed by atoms with Crippen LogP contribution < -0.4 is 0 Å². The van der Waals surface area contributed by atoms with Crippen LogP contribution in [0.3, 0.4) is 0 Å².